The Balaban J connectivity index is 2.82. The maximum absolute atomic E-state index is 5.13. The molecular weight excluding hydrogens is 220 g/mol. The van der Waals surface area contributed by atoms with Crippen molar-refractivity contribution in [2.24, 2.45) is 13.0 Å². The molecule has 16 heavy (non-hydrogen) atoms. The second-order valence-electron chi connectivity index (χ2n) is 4.11. The SMILES string of the molecule is CCC(CC)CN(CC)c1n[nH]c(=S)n1C. The van der Waals surface area contributed by atoms with Crippen LogP contribution in [-0.4, -0.2) is 27.9 Å². The molecule has 5 heteroatoms. The Morgan fingerprint density at radius 1 is 1.38 bits per heavy atom. The lowest BCUT2D eigenvalue weighted by Gasteiger charge is -2.25. The molecule has 1 aromatic rings. The quantitative estimate of drug-likeness (QED) is 0.779. The van der Waals surface area contributed by atoms with Gasteiger partial charge in [0.05, 0.1) is 0 Å². The summed E-state index contributed by atoms with van der Waals surface area (Å²) in [6.45, 7) is 8.65. The fraction of sp³-hybridized carbons (Fsp3) is 0.818. The van der Waals surface area contributed by atoms with Crippen molar-refractivity contribution in [3.05, 3.63) is 4.77 Å². The average Bonchev–Trinajstić information content (AvgIpc) is 2.62. The largest absolute Gasteiger partial charge is 0.341 e. The Labute approximate surface area is 103 Å². The van der Waals surface area contributed by atoms with Crippen molar-refractivity contribution in [3.63, 3.8) is 0 Å². The molecule has 4 nitrogen and oxygen atoms in total. The Bertz CT molecular complexity index is 364. The van der Waals surface area contributed by atoms with Gasteiger partial charge in [0.2, 0.25) is 5.95 Å². The molecule has 0 aliphatic heterocycles. The molecule has 0 saturated heterocycles. The minimum absolute atomic E-state index is 0.679. The van der Waals surface area contributed by atoms with Gasteiger partial charge in [-0.3, -0.25) is 4.57 Å². The molecule has 1 rings (SSSR count). The molecule has 1 heterocycles. The van der Waals surface area contributed by atoms with E-state index in [1.165, 1.54) is 12.8 Å². The van der Waals surface area contributed by atoms with Crippen molar-refractivity contribution in [1.29, 1.82) is 0 Å². The fourth-order valence-corrected chi connectivity index (χ4v) is 1.96. The number of aromatic nitrogens is 3. The highest BCUT2D eigenvalue weighted by molar-refractivity contribution is 7.71. The van der Waals surface area contributed by atoms with Gasteiger partial charge in [0.15, 0.2) is 4.77 Å². The second-order valence-corrected chi connectivity index (χ2v) is 4.50. The highest BCUT2D eigenvalue weighted by atomic mass is 32.1. The summed E-state index contributed by atoms with van der Waals surface area (Å²) in [6, 6.07) is 0. The molecule has 0 fully saturated rings. The first-order chi connectivity index (χ1) is 7.63. The van der Waals surface area contributed by atoms with Crippen LogP contribution in [0.3, 0.4) is 0 Å². The third kappa shape index (κ3) is 2.84. The van der Waals surface area contributed by atoms with Gasteiger partial charge >= 0.3 is 0 Å². The van der Waals surface area contributed by atoms with Gasteiger partial charge in [0.1, 0.15) is 0 Å². The lowest BCUT2D eigenvalue weighted by Crippen LogP contribution is -2.31. The van der Waals surface area contributed by atoms with Gasteiger partial charge in [-0.05, 0) is 25.1 Å². The number of hydrogen-bond acceptors (Lipinski definition) is 3. The number of rotatable bonds is 6. The highest BCUT2D eigenvalue weighted by Gasteiger charge is 2.14. The van der Waals surface area contributed by atoms with Crippen LogP contribution < -0.4 is 4.90 Å². The zero-order valence-corrected chi connectivity index (χ0v) is 11.5. The third-order valence-corrected chi connectivity index (χ3v) is 3.52. The maximum atomic E-state index is 5.13. The topological polar surface area (TPSA) is 36.9 Å². The zero-order chi connectivity index (χ0) is 12.1. The van der Waals surface area contributed by atoms with E-state index in [1.807, 2.05) is 11.6 Å². The van der Waals surface area contributed by atoms with Crippen molar-refractivity contribution in [2.75, 3.05) is 18.0 Å². The Morgan fingerprint density at radius 2 is 2.00 bits per heavy atom. The summed E-state index contributed by atoms with van der Waals surface area (Å²) in [6.07, 6.45) is 2.42. The molecule has 1 N–H and O–H groups in total. The molecule has 0 aliphatic rings. The van der Waals surface area contributed by atoms with Gasteiger partial charge in [0.25, 0.3) is 0 Å². The van der Waals surface area contributed by atoms with Crippen LogP contribution in [0.2, 0.25) is 0 Å². The third-order valence-electron chi connectivity index (χ3n) is 3.15. The van der Waals surface area contributed by atoms with Gasteiger partial charge in [-0.1, -0.05) is 26.7 Å². The second kappa shape index (κ2) is 6.03. The summed E-state index contributed by atoms with van der Waals surface area (Å²) in [4.78, 5) is 2.28. The minimum Gasteiger partial charge on any atom is -0.341 e. The van der Waals surface area contributed by atoms with Crippen LogP contribution in [0.4, 0.5) is 5.95 Å². The van der Waals surface area contributed by atoms with E-state index in [-0.39, 0.29) is 0 Å². The predicted molar refractivity (Wildman–Crippen MR) is 70.4 cm³/mol. The van der Waals surface area contributed by atoms with Crippen LogP contribution in [0.5, 0.6) is 0 Å². The highest BCUT2D eigenvalue weighted by Crippen LogP contribution is 2.15. The van der Waals surface area contributed by atoms with E-state index < -0.39 is 0 Å². The van der Waals surface area contributed by atoms with Crippen LogP contribution in [-0.2, 0) is 7.05 Å². The van der Waals surface area contributed by atoms with E-state index >= 15 is 0 Å². The Morgan fingerprint density at radius 3 is 2.38 bits per heavy atom. The first kappa shape index (κ1) is 13.2. The number of aromatic amines is 1. The van der Waals surface area contributed by atoms with Crippen LogP contribution in [0, 0.1) is 10.7 Å². The van der Waals surface area contributed by atoms with Crippen molar-refractivity contribution in [3.8, 4) is 0 Å². The maximum Gasteiger partial charge on any atom is 0.225 e. The van der Waals surface area contributed by atoms with Gasteiger partial charge in [-0.15, -0.1) is 5.10 Å². The molecule has 0 atom stereocenters. The summed E-state index contributed by atoms with van der Waals surface area (Å²) in [5, 5.41) is 7.11. The van der Waals surface area contributed by atoms with Gasteiger partial charge in [-0.2, -0.15) is 0 Å². The Hall–Kier alpha value is -0.840. The zero-order valence-electron chi connectivity index (χ0n) is 10.7. The molecule has 1 aromatic heterocycles. The van der Waals surface area contributed by atoms with Crippen LogP contribution in [0.1, 0.15) is 33.6 Å². The number of hydrogen-bond donors (Lipinski definition) is 1. The molecule has 0 amide bonds. The van der Waals surface area contributed by atoms with Crippen molar-refractivity contribution >= 4 is 18.2 Å². The first-order valence-electron chi connectivity index (χ1n) is 6.00. The van der Waals surface area contributed by atoms with Crippen molar-refractivity contribution in [1.82, 2.24) is 14.8 Å². The summed E-state index contributed by atoms with van der Waals surface area (Å²) in [7, 11) is 1.96. The summed E-state index contributed by atoms with van der Waals surface area (Å²) < 4.78 is 2.61. The van der Waals surface area contributed by atoms with Crippen LogP contribution >= 0.6 is 12.2 Å². The van der Waals surface area contributed by atoms with E-state index in [0.29, 0.717) is 4.77 Å². The van der Waals surface area contributed by atoms with Gasteiger partial charge < -0.3 is 4.90 Å². The number of anilines is 1. The lowest BCUT2D eigenvalue weighted by molar-refractivity contribution is 0.480. The summed E-state index contributed by atoms with van der Waals surface area (Å²) in [5.74, 6) is 1.67. The van der Waals surface area contributed by atoms with E-state index in [9.17, 15) is 0 Å². The van der Waals surface area contributed by atoms with E-state index in [0.717, 1.165) is 25.0 Å². The monoisotopic (exact) mass is 242 g/mol. The standard InChI is InChI=1S/C11H22N4S/c1-5-9(6-2)8-15(7-3)10-12-13-11(16)14(10)4/h9H,5-8H2,1-4H3,(H,13,16). The van der Waals surface area contributed by atoms with Crippen LogP contribution in [0.25, 0.3) is 0 Å². The molecule has 0 unspecified atom stereocenters. The minimum atomic E-state index is 0.679. The normalized spacial score (nSPS) is 11.1. The average molecular weight is 242 g/mol. The number of nitrogens with zero attached hydrogens (tertiary/aromatic N) is 3. The van der Waals surface area contributed by atoms with E-state index in [4.69, 9.17) is 12.2 Å². The molecule has 0 aliphatic carbocycles. The van der Waals surface area contributed by atoms with Gasteiger partial charge in [0, 0.05) is 20.1 Å². The summed E-state index contributed by atoms with van der Waals surface area (Å²) >= 11 is 5.13. The molecule has 0 aromatic carbocycles. The Kier molecular flexibility index (Phi) is 4.99. The molecule has 92 valence electrons. The number of H-pyrrole nitrogens is 1. The van der Waals surface area contributed by atoms with E-state index in [2.05, 4.69) is 35.9 Å². The molecule has 0 radical (unpaired) electrons. The fourth-order valence-electron chi connectivity index (χ4n) is 1.83. The first-order valence-corrected chi connectivity index (χ1v) is 6.41. The molecule has 0 saturated carbocycles. The lowest BCUT2D eigenvalue weighted by atomic mass is 10.0. The van der Waals surface area contributed by atoms with Crippen LogP contribution in [0.15, 0.2) is 0 Å². The molecular formula is C11H22N4S. The molecule has 0 spiro atoms. The van der Waals surface area contributed by atoms with Crippen molar-refractivity contribution < 1.29 is 0 Å². The van der Waals surface area contributed by atoms with Crippen molar-refractivity contribution in [2.45, 2.75) is 33.6 Å². The number of nitrogens with one attached hydrogen (secondary N) is 1. The van der Waals surface area contributed by atoms with E-state index in [1.54, 1.807) is 0 Å². The smallest absolute Gasteiger partial charge is 0.225 e. The van der Waals surface area contributed by atoms with Gasteiger partial charge in [-0.25, -0.2) is 5.10 Å². The predicted octanol–water partition coefficient (Wildman–Crippen LogP) is 2.74. The molecule has 0 bridgehead atoms. The summed E-state index contributed by atoms with van der Waals surface area (Å²) in [5.41, 5.74) is 0.